The first kappa shape index (κ1) is 17.2. The predicted molar refractivity (Wildman–Crippen MR) is 87.9 cm³/mol. The number of hydrogen-bond acceptors (Lipinski definition) is 3. The van der Waals surface area contributed by atoms with Crippen LogP contribution in [0.2, 0.25) is 0 Å². The van der Waals surface area contributed by atoms with Crippen LogP contribution < -0.4 is 5.32 Å². The minimum absolute atomic E-state index is 0.364. The van der Waals surface area contributed by atoms with Crippen LogP contribution in [0, 0.1) is 5.92 Å². The summed E-state index contributed by atoms with van der Waals surface area (Å²) in [7, 11) is -3.09. The Hall–Kier alpha value is -0.130. The van der Waals surface area contributed by atoms with Gasteiger partial charge >= 0.3 is 0 Å². The van der Waals surface area contributed by atoms with E-state index in [0.717, 1.165) is 38.6 Å². The maximum absolute atomic E-state index is 12.8. The lowest BCUT2D eigenvalue weighted by molar-refractivity contribution is 0.345. The van der Waals surface area contributed by atoms with Gasteiger partial charge in [0.2, 0.25) is 10.0 Å². The molecule has 0 aromatic rings. The van der Waals surface area contributed by atoms with E-state index in [4.69, 9.17) is 0 Å². The molecule has 0 bridgehead atoms. The maximum Gasteiger partial charge on any atom is 0.214 e. The van der Waals surface area contributed by atoms with E-state index in [1.165, 1.54) is 25.7 Å². The van der Waals surface area contributed by atoms with Gasteiger partial charge in [-0.25, -0.2) is 12.7 Å². The van der Waals surface area contributed by atoms with Gasteiger partial charge in [0.1, 0.15) is 0 Å². The van der Waals surface area contributed by atoms with Gasteiger partial charge in [-0.05, 0) is 44.6 Å². The molecule has 0 amide bonds. The molecule has 0 aromatic heterocycles. The van der Waals surface area contributed by atoms with Crippen LogP contribution in [0.5, 0.6) is 0 Å². The first-order valence-electron chi connectivity index (χ1n) is 8.83. The van der Waals surface area contributed by atoms with E-state index in [2.05, 4.69) is 12.2 Å². The number of rotatable bonds is 8. The number of unbranched alkanes of at least 4 members (excludes halogenated alkanes) is 1. The zero-order chi connectivity index (χ0) is 15.1. The standard InChI is InChI=1S/C16H32N2O2S/c1-2-3-12-18(13-16-10-7-11-17-16)21(19,20)14-15-8-5-4-6-9-15/h15-17H,2-14H2,1H3. The largest absolute Gasteiger partial charge is 0.313 e. The average molecular weight is 317 g/mol. The van der Waals surface area contributed by atoms with Crippen LogP contribution in [0.3, 0.4) is 0 Å². The van der Waals surface area contributed by atoms with E-state index in [-0.39, 0.29) is 0 Å². The fraction of sp³-hybridized carbons (Fsp3) is 1.00. The summed E-state index contributed by atoms with van der Waals surface area (Å²) >= 11 is 0. The molecular weight excluding hydrogens is 284 g/mol. The third kappa shape index (κ3) is 5.53. The Morgan fingerprint density at radius 2 is 1.86 bits per heavy atom. The summed E-state index contributed by atoms with van der Waals surface area (Å²) in [6.07, 6.45) is 10.2. The highest BCUT2D eigenvalue weighted by Crippen LogP contribution is 2.26. The molecule has 21 heavy (non-hydrogen) atoms. The van der Waals surface area contributed by atoms with Crippen molar-refractivity contribution in [2.45, 2.75) is 70.8 Å². The Morgan fingerprint density at radius 1 is 1.10 bits per heavy atom. The summed E-state index contributed by atoms with van der Waals surface area (Å²) in [5.74, 6) is 0.771. The van der Waals surface area contributed by atoms with Crippen LogP contribution in [0.25, 0.3) is 0 Å². The van der Waals surface area contributed by atoms with E-state index in [1.54, 1.807) is 4.31 Å². The van der Waals surface area contributed by atoms with Gasteiger partial charge in [-0.3, -0.25) is 0 Å². The minimum atomic E-state index is -3.09. The SMILES string of the molecule is CCCCN(CC1CCCN1)S(=O)(=O)CC1CCCCC1. The Labute approximate surface area is 130 Å². The Balaban J connectivity index is 1.94. The summed E-state index contributed by atoms with van der Waals surface area (Å²) in [6.45, 7) is 4.54. The van der Waals surface area contributed by atoms with Gasteiger partial charge < -0.3 is 5.32 Å². The molecule has 0 spiro atoms. The van der Waals surface area contributed by atoms with Crippen LogP contribution >= 0.6 is 0 Å². The lowest BCUT2D eigenvalue weighted by Crippen LogP contribution is -2.43. The van der Waals surface area contributed by atoms with Crippen LogP contribution in [-0.2, 0) is 10.0 Å². The second-order valence-corrected chi connectivity index (χ2v) is 8.80. The number of nitrogens with zero attached hydrogens (tertiary/aromatic N) is 1. The monoisotopic (exact) mass is 316 g/mol. The van der Waals surface area contributed by atoms with E-state index >= 15 is 0 Å². The maximum atomic E-state index is 12.8. The van der Waals surface area contributed by atoms with Crippen molar-refractivity contribution < 1.29 is 8.42 Å². The molecule has 4 nitrogen and oxygen atoms in total. The summed E-state index contributed by atoms with van der Waals surface area (Å²) in [4.78, 5) is 0. The second kappa shape index (κ2) is 8.49. The first-order valence-corrected chi connectivity index (χ1v) is 10.4. The van der Waals surface area contributed by atoms with Gasteiger partial charge in [-0.15, -0.1) is 0 Å². The van der Waals surface area contributed by atoms with Crippen molar-refractivity contribution in [2.75, 3.05) is 25.4 Å². The van der Waals surface area contributed by atoms with Crippen molar-refractivity contribution in [1.29, 1.82) is 0 Å². The van der Waals surface area contributed by atoms with Gasteiger partial charge in [0.15, 0.2) is 0 Å². The third-order valence-corrected chi connectivity index (χ3v) is 6.92. The Kier molecular flexibility index (Phi) is 6.96. The lowest BCUT2D eigenvalue weighted by Gasteiger charge is -2.28. The molecule has 1 unspecified atom stereocenters. The highest BCUT2D eigenvalue weighted by Gasteiger charge is 2.29. The molecule has 0 aromatic carbocycles. The molecule has 1 saturated carbocycles. The summed E-state index contributed by atoms with van der Waals surface area (Å²) in [5, 5.41) is 3.43. The summed E-state index contributed by atoms with van der Waals surface area (Å²) in [5.41, 5.74) is 0. The van der Waals surface area contributed by atoms with E-state index in [0.29, 0.717) is 30.8 Å². The highest BCUT2D eigenvalue weighted by molar-refractivity contribution is 7.89. The Morgan fingerprint density at radius 3 is 2.48 bits per heavy atom. The molecule has 2 rings (SSSR count). The number of sulfonamides is 1. The fourth-order valence-corrected chi connectivity index (χ4v) is 5.55. The normalized spacial score (nSPS) is 24.8. The summed E-state index contributed by atoms with van der Waals surface area (Å²) < 4.78 is 27.4. The highest BCUT2D eigenvalue weighted by atomic mass is 32.2. The number of hydrogen-bond donors (Lipinski definition) is 1. The minimum Gasteiger partial charge on any atom is -0.313 e. The smallest absolute Gasteiger partial charge is 0.214 e. The molecule has 1 aliphatic carbocycles. The van der Waals surface area contributed by atoms with Gasteiger partial charge in [0, 0.05) is 19.1 Å². The van der Waals surface area contributed by atoms with E-state index in [1.807, 2.05) is 0 Å². The molecule has 1 saturated heterocycles. The van der Waals surface area contributed by atoms with Crippen LogP contribution in [0.1, 0.15) is 64.7 Å². The first-order chi connectivity index (χ1) is 10.1. The quantitative estimate of drug-likeness (QED) is 0.749. The van der Waals surface area contributed by atoms with Crippen molar-refractivity contribution in [3.05, 3.63) is 0 Å². The van der Waals surface area contributed by atoms with Gasteiger partial charge in [-0.2, -0.15) is 0 Å². The van der Waals surface area contributed by atoms with Crippen molar-refractivity contribution in [3.8, 4) is 0 Å². The van der Waals surface area contributed by atoms with Crippen molar-refractivity contribution >= 4 is 10.0 Å². The predicted octanol–water partition coefficient (Wildman–Crippen LogP) is 2.75. The average Bonchev–Trinajstić information content (AvgIpc) is 2.97. The van der Waals surface area contributed by atoms with Crippen molar-refractivity contribution in [2.24, 2.45) is 5.92 Å². The molecule has 1 heterocycles. The molecule has 2 fully saturated rings. The van der Waals surface area contributed by atoms with Gasteiger partial charge in [0.05, 0.1) is 5.75 Å². The molecule has 1 aliphatic heterocycles. The van der Waals surface area contributed by atoms with Crippen LogP contribution in [-0.4, -0.2) is 44.2 Å². The van der Waals surface area contributed by atoms with E-state index in [9.17, 15) is 8.42 Å². The van der Waals surface area contributed by atoms with E-state index < -0.39 is 10.0 Å². The number of nitrogens with one attached hydrogen (secondary N) is 1. The third-order valence-electron chi connectivity index (χ3n) is 4.91. The molecule has 2 aliphatic rings. The fourth-order valence-electron chi connectivity index (χ4n) is 3.59. The zero-order valence-electron chi connectivity index (χ0n) is 13.5. The molecular formula is C16H32N2O2S. The van der Waals surface area contributed by atoms with Crippen molar-refractivity contribution in [1.82, 2.24) is 9.62 Å². The van der Waals surface area contributed by atoms with Crippen LogP contribution in [0.4, 0.5) is 0 Å². The zero-order valence-corrected chi connectivity index (χ0v) is 14.3. The molecule has 124 valence electrons. The molecule has 0 radical (unpaired) electrons. The molecule has 5 heteroatoms. The lowest BCUT2D eigenvalue weighted by atomic mass is 9.91. The second-order valence-electron chi connectivity index (χ2n) is 6.79. The topological polar surface area (TPSA) is 49.4 Å². The molecule has 1 N–H and O–H groups in total. The van der Waals surface area contributed by atoms with Crippen molar-refractivity contribution in [3.63, 3.8) is 0 Å². The molecule has 1 atom stereocenters. The Bertz CT molecular complexity index is 385. The van der Waals surface area contributed by atoms with Gasteiger partial charge in [-0.1, -0.05) is 32.6 Å². The summed E-state index contributed by atoms with van der Waals surface area (Å²) in [6, 6.07) is 0.364. The van der Waals surface area contributed by atoms with Gasteiger partial charge in [0.25, 0.3) is 0 Å². The van der Waals surface area contributed by atoms with Crippen LogP contribution in [0.15, 0.2) is 0 Å².